The highest BCUT2D eigenvalue weighted by molar-refractivity contribution is 6.19. The van der Waals surface area contributed by atoms with E-state index in [-0.39, 0.29) is 30.0 Å². The second kappa shape index (κ2) is 10.7. The molecular formula is C16H20ClFN2O3. The average Bonchev–Trinajstić information content (AvgIpc) is 2.51. The van der Waals surface area contributed by atoms with Crippen LogP contribution in [-0.4, -0.2) is 40.2 Å². The predicted octanol–water partition coefficient (Wildman–Crippen LogP) is 3.22. The molecule has 1 rings (SSSR count). The number of alkyl halides is 2. The molecule has 1 aromatic heterocycles. The van der Waals surface area contributed by atoms with Gasteiger partial charge < -0.3 is 9.84 Å². The summed E-state index contributed by atoms with van der Waals surface area (Å²) in [4.78, 5) is 19.5. The molecule has 0 amide bonds. The van der Waals surface area contributed by atoms with E-state index in [1.54, 1.807) is 19.1 Å². The lowest BCUT2D eigenvalue weighted by Crippen LogP contribution is -2.05. The highest BCUT2D eigenvalue weighted by Gasteiger charge is 2.08. The van der Waals surface area contributed by atoms with Gasteiger partial charge in [-0.15, -0.1) is 11.6 Å². The molecule has 0 saturated carbocycles. The zero-order valence-electron chi connectivity index (χ0n) is 13.0. The van der Waals surface area contributed by atoms with Crippen molar-refractivity contribution in [3.8, 4) is 5.88 Å². The first-order valence-corrected chi connectivity index (χ1v) is 7.85. The molecule has 0 atom stereocenters. The third-order valence-corrected chi connectivity index (χ3v) is 3.00. The van der Waals surface area contributed by atoms with Gasteiger partial charge in [0.2, 0.25) is 5.88 Å². The topological polar surface area (TPSA) is 72.3 Å². The maximum atomic E-state index is 12.6. The normalized spacial score (nSPS) is 11.9. The Morgan fingerprint density at radius 1 is 1.48 bits per heavy atom. The Morgan fingerprint density at radius 2 is 2.26 bits per heavy atom. The molecule has 1 N–H and O–H groups in total. The van der Waals surface area contributed by atoms with Gasteiger partial charge in [0, 0.05) is 29.6 Å². The Labute approximate surface area is 139 Å². The first-order valence-electron chi connectivity index (χ1n) is 7.32. The molecule has 0 saturated heterocycles. The zero-order chi connectivity index (χ0) is 17.1. The number of carbonyl (C=O) groups excluding carboxylic acids is 1. The van der Waals surface area contributed by atoms with Crippen LogP contribution in [0.1, 0.15) is 31.3 Å². The molecule has 0 radical (unpaired) electrons. The van der Waals surface area contributed by atoms with E-state index in [2.05, 4.69) is 9.97 Å². The summed E-state index contributed by atoms with van der Waals surface area (Å²) in [6.45, 7) is 1.42. The quantitative estimate of drug-likeness (QED) is 0.424. The van der Waals surface area contributed by atoms with Gasteiger partial charge in [0.15, 0.2) is 5.82 Å². The highest BCUT2D eigenvalue weighted by Crippen LogP contribution is 2.17. The van der Waals surface area contributed by atoms with Crippen molar-refractivity contribution in [2.45, 2.75) is 26.2 Å². The van der Waals surface area contributed by atoms with Crippen LogP contribution < -0.4 is 0 Å². The van der Waals surface area contributed by atoms with Gasteiger partial charge in [-0.05, 0) is 25.8 Å². The van der Waals surface area contributed by atoms with E-state index in [0.29, 0.717) is 30.7 Å². The maximum absolute atomic E-state index is 12.6. The molecule has 5 nitrogen and oxygen atoms in total. The number of hydrogen-bond acceptors (Lipinski definition) is 5. The fourth-order valence-corrected chi connectivity index (χ4v) is 1.96. The summed E-state index contributed by atoms with van der Waals surface area (Å²) in [7, 11) is 0. The van der Waals surface area contributed by atoms with Crippen LogP contribution in [0.2, 0.25) is 0 Å². The zero-order valence-corrected chi connectivity index (χ0v) is 13.7. The Morgan fingerprint density at radius 3 is 2.91 bits per heavy atom. The molecule has 0 bridgehead atoms. The standard InChI is InChI=1S/C16H20ClFN2O3/c1-2-23-15(22)7-3-6-13-11-14(21)20-16(19-13)12(8-10-18)5-4-9-17/h4-5,8,11H,2-3,6-7,9-10H2,1H3,(H,19,20,21)/b5-4-,12-8+. The number of aromatic nitrogens is 2. The number of esters is 1. The Kier molecular flexibility index (Phi) is 8.90. The van der Waals surface area contributed by atoms with Gasteiger partial charge in [0.05, 0.1) is 6.61 Å². The van der Waals surface area contributed by atoms with Crippen molar-refractivity contribution in [2.75, 3.05) is 19.2 Å². The summed E-state index contributed by atoms with van der Waals surface area (Å²) in [6.07, 6.45) is 5.83. The van der Waals surface area contributed by atoms with Crippen LogP contribution in [0.15, 0.2) is 24.3 Å². The molecule has 0 spiro atoms. The lowest BCUT2D eigenvalue weighted by atomic mass is 10.1. The van der Waals surface area contributed by atoms with Gasteiger partial charge in [-0.1, -0.05) is 12.2 Å². The van der Waals surface area contributed by atoms with Crippen molar-refractivity contribution in [3.63, 3.8) is 0 Å². The van der Waals surface area contributed by atoms with Gasteiger partial charge in [0.1, 0.15) is 6.67 Å². The van der Waals surface area contributed by atoms with Crippen LogP contribution in [0.4, 0.5) is 4.39 Å². The number of nitrogens with zero attached hydrogens (tertiary/aromatic N) is 2. The minimum absolute atomic E-state index is 0.204. The molecule has 0 aliphatic heterocycles. The third-order valence-electron chi connectivity index (χ3n) is 2.83. The van der Waals surface area contributed by atoms with E-state index in [1.807, 2.05) is 0 Å². The third kappa shape index (κ3) is 7.23. The van der Waals surface area contributed by atoms with E-state index in [9.17, 15) is 14.3 Å². The van der Waals surface area contributed by atoms with E-state index in [0.717, 1.165) is 0 Å². The highest BCUT2D eigenvalue weighted by atomic mass is 35.5. The van der Waals surface area contributed by atoms with Gasteiger partial charge in [0.25, 0.3) is 0 Å². The molecule has 0 aromatic carbocycles. The predicted molar refractivity (Wildman–Crippen MR) is 87.1 cm³/mol. The molecule has 126 valence electrons. The fourth-order valence-electron chi connectivity index (χ4n) is 1.88. The van der Waals surface area contributed by atoms with Crippen molar-refractivity contribution in [2.24, 2.45) is 0 Å². The monoisotopic (exact) mass is 342 g/mol. The van der Waals surface area contributed by atoms with Crippen molar-refractivity contribution in [3.05, 3.63) is 35.8 Å². The first-order chi connectivity index (χ1) is 11.1. The second-order valence-corrected chi connectivity index (χ2v) is 4.88. The summed E-state index contributed by atoms with van der Waals surface area (Å²) in [5, 5.41) is 9.72. The summed E-state index contributed by atoms with van der Waals surface area (Å²) in [5.41, 5.74) is 1.01. The number of allylic oxidation sites excluding steroid dienone is 4. The summed E-state index contributed by atoms with van der Waals surface area (Å²) < 4.78 is 17.5. The van der Waals surface area contributed by atoms with Crippen LogP contribution in [0.3, 0.4) is 0 Å². The van der Waals surface area contributed by atoms with Gasteiger partial charge >= 0.3 is 5.97 Å². The molecule has 0 aliphatic carbocycles. The first kappa shape index (κ1) is 19.1. The van der Waals surface area contributed by atoms with Crippen LogP contribution in [-0.2, 0) is 16.0 Å². The van der Waals surface area contributed by atoms with Crippen molar-refractivity contribution < 1.29 is 19.0 Å². The number of hydrogen-bond donors (Lipinski definition) is 1. The molecule has 7 heteroatoms. The number of carbonyl (C=O) groups is 1. The number of halogens is 2. The molecule has 1 aromatic rings. The van der Waals surface area contributed by atoms with Crippen LogP contribution >= 0.6 is 11.6 Å². The maximum Gasteiger partial charge on any atom is 0.305 e. The summed E-state index contributed by atoms with van der Waals surface area (Å²) >= 11 is 5.58. The minimum Gasteiger partial charge on any atom is -0.493 e. The van der Waals surface area contributed by atoms with E-state index in [4.69, 9.17) is 16.3 Å². The minimum atomic E-state index is -0.681. The number of ether oxygens (including phenoxy) is 1. The molecule has 23 heavy (non-hydrogen) atoms. The Balaban J connectivity index is 2.83. The second-order valence-electron chi connectivity index (χ2n) is 4.57. The van der Waals surface area contributed by atoms with Crippen molar-refractivity contribution in [1.29, 1.82) is 0 Å². The SMILES string of the molecule is CCOC(=O)CCCc1cc(O)nc(C(/C=C\CCl)=C/CF)n1. The Bertz CT molecular complexity index is 576. The van der Waals surface area contributed by atoms with Crippen LogP contribution in [0.5, 0.6) is 5.88 Å². The molecule has 1 heterocycles. The van der Waals surface area contributed by atoms with E-state index < -0.39 is 6.67 Å². The summed E-state index contributed by atoms with van der Waals surface area (Å²) in [6, 6.07) is 1.42. The molecule has 0 unspecified atom stereocenters. The lowest BCUT2D eigenvalue weighted by Gasteiger charge is -2.06. The van der Waals surface area contributed by atoms with E-state index in [1.165, 1.54) is 12.1 Å². The summed E-state index contributed by atoms with van der Waals surface area (Å²) in [5.74, 6) is 0.0175. The van der Waals surface area contributed by atoms with Gasteiger partial charge in [-0.2, -0.15) is 4.98 Å². The number of aryl methyl sites for hydroxylation is 1. The largest absolute Gasteiger partial charge is 0.493 e. The van der Waals surface area contributed by atoms with Crippen LogP contribution in [0.25, 0.3) is 5.57 Å². The van der Waals surface area contributed by atoms with Gasteiger partial charge in [-0.25, -0.2) is 9.37 Å². The van der Waals surface area contributed by atoms with Crippen molar-refractivity contribution in [1.82, 2.24) is 9.97 Å². The molecule has 0 aliphatic rings. The van der Waals surface area contributed by atoms with Crippen LogP contribution in [0, 0.1) is 0 Å². The molecular weight excluding hydrogens is 323 g/mol. The molecule has 0 fully saturated rings. The number of rotatable bonds is 9. The lowest BCUT2D eigenvalue weighted by molar-refractivity contribution is -0.143. The Hall–Kier alpha value is -1.95. The smallest absolute Gasteiger partial charge is 0.305 e. The van der Waals surface area contributed by atoms with E-state index >= 15 is 0 Å². The van der Waals surface area contributed by atoms with Gasteiger partial charge in [-0.3, -0.25) is 4.79 Å². The number of aromatic hydroxyl groups is 1. The van der Waals surface area contributed by atoms with Crippen molar-refractivity contribution >= 4 is 23.1 Å². The fraction of sp³-hybridized carbons (Fsp3) is 0.438. The average molecular weight is 343 g/mol.